The van der Waals surface area contributed by atoms with Gasteiger partial charge in [-0.05, 0) is 61.2 Å². The molecule has 0 aromatic heterocycles. The number of benzene rings is 2. The van der Waals surface area contributed by atoms with Crippen molar-refractivity contribution < 1.29 is 23.5 Å². The van der Waals surface area contributed by atoms with Crippen LogP contribution in [0, 0.1) is 5.82 Å². The van der Waals surface area contributed by atoms with Gasteiger partial charge in [0.15, 0.2) is 0 Å². The Hall–Kier alpha value is -2.84. The lowest BCUT2D eigenvalue weighted by Gasteiger charge is -2.12. The van der Waals surface area contributed by atoms with Crippen LogP contribution in [-0.4, -0.2) is 35.1 Å². The van der Waals surface area contributed by atoms with E-state index in [2.05, 4.69) is 5.32 Å². The molecule has 0 unspecified atom stereocenters. The van der Waals surface area contributed by atoms with E-state index >= 15 is 0 Å². The van der Waals surface area contributed by atoms with E-state index in [0.29, 0.717) is 29.8 Å². The van der Waals surface area contributed by atoms with Gasteiger partial charge in [0.25, 0.3) is 11.1 Å². The van der Waals surface area contributed by atoms with Crippen LogP contribution in [0.5, 0.6) is 5.75 Å². The van der Waals surface area contributed by atoms with Gasteiger partial charge in [-0.15, -0.1) is 0 Å². The van der Waals surface area contributed by atoms with Gasteiger partial charge in [0.1, 0.15) is 18.1 Å². The van der Waals surface area contributed by atoms with Crippen LogP contribution in [0.15, 0.2) is 47.4 Å². The fourth-order valence-corrected chi connectivity index (χ4v) is 3.60. The minimum Gasteiger partial charge on any atom is -0.494 e. The molecule has 0 aliphatic carbocycles. The highest BCUT2D eigenvalue weighted by molar-refractivity contribution is 8.18. The van der Waals surface area contributed by atoms with Gasteiger partial charge < -0.3 is 10.1 Å². The second kappa shape index (κ2) is 9.11. The smallest absolute Gasteiger partial charge is 0.294 e. The van der Waals surface area contributed by atoms with Crippen LogP contribution in [-0.2, 0) is 9.59 Å². The SMILES string of the molecule is CCOc1ccc(NC(=O)CN2C(=O)S/C(=C/c3c(F)cccc3Cl)C2=O)cc1. The molecule has 1 saturated heterocycles. The van der Waals surface area contributed by atoms with Crippen LogP contribution in [0.3, 0.4) is 0 Å². The largest absolute Gasteiger partial charge is 0.494 e. The molecular formula is C20H16ClFN2O4S. The Morgan fingerprint density at radius 1 is 1.24 bits per heavy atom. The summed E-state index contributed by atoms with van der Waals surface area (Å²) in [6.45, 7) is 1.93. The van der Waals surface area contributed by atoms with Crippen molar-refractivity contribution in [2.45, 2.75) is 6.92 Å². The number of ether oxygens (including phenoxy) is 1. The molecule has 1 aliphatic rings. The van der Waals surface area contributed by atoms with Crippen molar-refractivity contribution in [3.8, 4) is 5.75 Å². The van der Waals surface area contributed by atoms with Gasteiger partial charge in [-0.1, -0.05) is 17.7 Å². The molecule has 0 bridgehead atoms. The van der Waals surface area contributed by atoms with Crippen LogP contribution in [0.2, 0.25) is 5.02 Å². The third-order valence-corrected chi connectivity index (χ3v) is 5.14. The van der Waals surface area contributed by atoms with Gasteiger partial charge in [0.2, 0.25) is 5.91 Å². The maximum Gasteiger partial charge on any atom is 0.294 e. The van der Waals surface area contributed by atoms with Crippen molar-refractivity contribution in [3.63, 3.8) is 0 Å². The van der Waals surface area contributed by atoms with E-state index in [1.54, 1.807) is 24.3 Å². The Balaban J connectivity index is 1.68. The number of halogens is 2. The van der Waals surface area contributed by atoms with Crippen LogP contribution in [0.25, 0.3) is 6.08 Å². The second-order valence-electron chi connectivity index (χ2n) is 5.91. The van der Waals surface area contributed by atoms with E-state index in [4.69, 9.17) is 16.3 Å². The lowest BCUT2D eigenvalue weighted by atomic mass is 10.2. The van der Waals surface area contributed by atoms with Gasteiger partial charge in [0.05, 0.1) is 16.5 Å². The van der Waals surface area contributed by atoms with Crippen LogP contribution in [0.1, 0.15) is 12.5 Å². The molecular weight excluding hydrogens is 419 g/mol. The predicted molar refractivity (Wildman–Crippen MR) is 110 cm³/mol. The zero-order valence-electron chi connectivity index (χ0n) is 15.3. The zero-order valence-corrected chi connectivity index (χ0v) is 16.8. The summed E-state index contributed by atoms with van der Waals surface area (Å²) >= 11 is 6.58. The first kappa shape index (κ1) is 20.9. The molecule has 0 atom stereocenters. The summed E-state index contributed by atoms with van der Waals surface area (Å²) in [5.41, 5.74) is 0.512. The third kappa shape index (κ3) is 4.96. The van der Waals surface area contributed by atoms with Crippen molar-refractivity contribution in [2.24, 2.45) is 0 Å². The lowest BCUT2D eigenvalue weighted by Crippen LogP contribution is -2.36. The maximum absolute atomic E-state index is 13.9. The first-order chi connectivity index (χ1) is 13.9. The van der Waals surface area contributed by atoms with E-state index in [-0.39, 0.29) is 15.5 Å². The quantitative estimate of drug-likeness (QED) is 0.675. The summed E-state index contributed by atoms with van der Waals surface area (Å²) in [6.07, 6.45) is 1.22. The monoisotopic (exact) mass is 434 g/mol. The van der Waals surface area contributed by atoms with E-state index in [1.165, 1.54) is 24.3 Å². The number of hydrogen-bond acceptors (Lipinski definition) is 5. The highest BCUT2D eigenvalue weighted by Crippen LogP contribution is 2.34. The minimum absolute atomic E-state index is 0.00383. The molecule has 0 saturated carbocycles. The number of nitrogens with one attached hydrogen (secondary N) is 1. The van der Waals surface area contributed by atoms with Crippen LogP contribution < -0.4 is 10.1 Å². The van der Waals surface area contributed by atoms with Gasteiger partial charge in [-0.3, -0.25) is 19.3 Å². The van der Waals surface area contributed by atoms with Crippen molar-refractivity contribution in [3.05, 3.63) is 63.8 Å². The van der Waals surface area contributed by atoms with Gasteiger partial charge in [0, 0.05) is 11.3 Å². The molecule has 1 heterocycles. The lowest BCUT2D eigenvalue weighted by molar-refractivity contribution is -0.127. The molecule has 9 heteroatoms. The van der Waals surface area contributed by atoms with Crippen LogP contribution in [0.4, 0.5) is 14.9 Å². The molecule has 2 aromatic carbocycles. The molecule has 2 aromatic rings. The molecule has 29 heavy (non-hydrogen) atoms. The zero-order chi connectivity index (χ0) is 21.0. The van der Waals surface area contributed by atoms with E-state index in [9.17, 15) is 18.8 Å². The molecule has 3 amide bonds. The summed E-state index contributed by atoms with van der Waals surface area (Å²) in [5.74, 6) is -1.17. The molecule has 0 spiro atoms. The number of thioether (sulfide) groups is 1. The number of nitrogens with zero attached hydrogens (tertiary/aromatic N) is 1. The molecule has 1 fully saturated rings. The average Bonchev–Trinajstić information content (AvgIpc) is 2.94. The molecule has 1 aliphatic heterocycles. The summed E-state index contributed by atoms with van der Waals surface area (Å²) < 4.78 is 19.3. The van der Waals surface area contributed by atoms with E-state index in [0.717, 1.165) is 4.90 Å². The topological polar surface area (TPSA) is 75.7 Å². The number of anilines is 1. The van der Waals surface area contributed by atoms with Gasteiger partial charge >= 0.3 is 0 Å². The van der Waals surface area contributed by atoms with Crippen molar-refractivity contribution >= 4 is 52.2 Å². The summed E-state index contributed by atoms with van der Waals surface area (Å²) in [5, 5.41) is 2.11. The first-order valence-corrected chi connectivity index (χ1v) is 9.80. The van der Waals surface area contributed by atoms with Crippen molar-refractivity contribution in [1.29, 1.82) is 0 Å². The Morgan fingerprint density at radius 3 is 2.62 bits per heavy atom. The summed E-state index contributed by atoms with van der Waals surface area (Å²) in [4.78, 5) is 37.7. The normalized spacial score (nSPS) is 15.1. The molecule has 0 radical (unpaired) electrons. The number of carbonyl (C=O) groups excluding carboxylic acids is 3. The molecule has 1 N–H and O–H groups in total. The third-order valence-electron chi connectivity index (χ3n) is 3.90. The Bertz CT molecular complexity index is 974. The van der Waals surface area contributed by atoms with E-state index in [1.807, 2.05) is 6.92 Å². The Kier molecular flexibility index (Phi) is 6.56. The standard InChI is InChI=1S/C20H16ClFN2O4S/c1-2-28-13-8-6-12(7-9-13)23-18(25)11-24-19(26)17(29-20(24)27)10-14-15(21)4-3-5-16(14)22/h3-10H,2,11H2,1H3,(H,23,25)/b17-10+. The predicted octanol–water partition coefficient (Wildman–Crippen LogP) is 4.55. The van der Waals surface area contributed by atoms with Gasteiger partial charge in [-0.25, -0.2) is 4.39 Å². The fraction of sp³-hybridized carbons (Fsp3) is 0.150. The highest BCUT2D eigenvalue weighted by atomic mass is 35.5. The number of hydrogen-bond donors (Lipinski definition) is 1. The van der Waals surface area contributed by atoms with Gasteiger partial charge in [-0.2, -0.15) is 0 Å². The molecule has 6 nitrogen and oxygen atoms in total. The number of amides is 3. The number of rotatable bonds is 6. The van der Waals surface area contributed by atoms with Crippen molar-refractivity contribution in [2.75, 3.05) is 18.5 Å². The number of carbonyl (C=O) groups is 3. The molecule has 3 rings (SSSR count). The van der Waals surface area contributed by atoms with Crippen molar-refractivity contribution in [1.82, 2.24) is 4.90 Å². The van der Waals surface area contributed by atoms with E-state index < -0.39 is 29.4 Å². The first-order valence-electron chi connectivity index (χ1n) is 8.61. The number of imide groups is 1. The average molecular weight is 435 g/mol. The minimum atomic E-state index is -0.679. The summed E-state index contributed by atoms with van der Waals surface area (Å²) in [6, 6.07) is 10.8. The maximum atomic E-state index is 13.9. The fourth-order valence-electron chi connectivity index (χ4n) is 2.56. The molecule has 150 valence electrons. The highest BCUT2D eigenvalue weighted by Gasteiger charge is 2.36. The van der Waals surface area contributed by atoms with Crippen LogP contribution >= 0.6 is 23.4 Å². The second-order valence-corrected chi connectivity index (χ2v) is 7.31. The Morgan fingerprint density at radius 2 is 1.97 bits per heavy atom. The Labute approximate surface area is 175 Å². The summed E-state index contributed by atoms with van der Waals surface area (Å²) in [7, 11) is 0.